The summed E-state index contributed by atoms with van der Waals surface area (Å²) in [5, 5.41) is 9.48. The molecule has 0 atom stereocenters. The SMILES string of the molecule is N#CC1(c2c(F)cc(N)cc2F)CC2=C(C1)CS(=O)(=O)C2. The van der Waals surface area contributed by atoms with Gasteiger partial charge < -0.3 is 5.73 Å². The van der Waals surface area contributed by atoms with Gasteiger partial charge in [0.15, 0.2) is 9.84 Å². The van der Waals surface area contributed by atoms with Gasteiger partial charge in [0.1, 0.15) is 11.6 Å². The van der Waals surface area contributed by atoms with Gasteiger partial charge in [-0.15, -0.1) is 0 Å². The normalized spacial score (nSPS) is 22.1. The molecular weight excluding hydrogens is 298 g/mol. The maximum Gasteiger partial charge on any atom is 0.157 e. The first-order valence-corrected chi connectivity index (χ1v) is 8.15. The molecule has 1 heterocycles. The van der Waals surface area contributed by atoms with E-state index >= 15 is 0 Å². The lowest BCUT2D eigenvalue weighted by atomic mass is 9.77. The number of hydrogen-bond acceptors (Lipinski definition) is 4. The number of rotatable bonds is 1. The molecule has 1 aliphatic carbocycles. The van der Waals surface area contributed by atoms with Gasteiger partial charge >= 0.3 is 0 Å². The van der Waals surface area contributed by atoms with Gasteiger partial charge in [-0.25, -0.2) is 17.2 Å². The topological polar surface area (TPSA) is 83.9 Å². The van der Waals surface area contributed by atoms with Crippen LogP contribution in [0.2, 0.25) is 0 Å². The lowest BCUT2D eigenvalue weighted by Gasteiger charge is -2.24. The summed E-state index contributed by atoms with van der Waals surface area (Å²) in [6, 6.07) is 3.96. The number of anilines is 1. The van der Waals surface area contributed by atoms with E-state index in [2.05, 4.69) is 0 Å². The molecule has 0 fully saturated rings. The monoisotopic (exact) mass is 310 g/mol. The number of nitriles is 1. The number of nitrogens with zero attached hydrogens (tertiary/aromatic N) is 1. The molecular formula is C14H12F2N2O2S. The van der Waals surface area contributed by atoms with Crippen LogP contribution in [0.3, 0.4) is 0 Å². The van der Waals surface area contributed by atoms with E-state index in [0.717, 1.165) is 12.1 Å². The molecule has 1 aromatic rings. The molecule has 0 bridgehead atoms. The first kappa shape index (κ1) is 14.0. The van der Waals surface area contributed by atoms with Crippen LogP contribution in [0.15, 0.2) is 23.3 Å². The number of nitrogen functional groups attached to an aromatic ring is 1. The zero-order chi connectivity index (χ0) is 15.4. The molecule has 0 aromatic heterocycles. The summed E-state index contributed by atoms with van der Waals surface area (Å²) in [6.45, 7) is 0. The largest absolute Gasteiger partial charge is 0.399 e. The molecule has 0 unspecified atom stereocenters. The number of halogens is 2. The Hall–Kier alpha value is -1.94. The summed E-state index contributed by atoms with van der Waals surface area (Å²) in [5.74, 6) is -1.97. The first-order chi connectivity index (χ1) is 9.76. The number of hydrogen-bond donors (Lipinski definition) is 1. The van der Waals surface area contributed by atoms with E-state index in [1.807, 2.05) is 6.07 Å². The van der Waals surface area contributed by atoms with Gasteiger partial charge in [-0.2, -0.15) is 5.26 Å². The molecule has 1 aliphatic heterocycles. The third-order valence-corrected chi connectivity index (χ3v) is 5.65. The van der Waals surface area contributed by atoms with Crippen LogP contribution in [0, 0.1) is 23.0 Å². The Morgan fingerprint density at radius 3 is 2.05 bits per heavy atom. The Bertz CT molecular complexity index is 775. The summed E-state index contributed by atoms with van der Waals surface area (Å²) < 4.78 is 51.4. The fourth-order valence-corrected chi connectivity index (χ4v) is 5.07. The highest BCUT2D eigenvalue weighted by Crippen LogP contribution is 2.48. The Labute approximate surface area is 120 Å². The van der Waals surface area contributed by atoms with E-state index in [9.17, 15) is 22.5 Å². The van der Waals surface area contributed by atoms with Gasteiger partial charge in [-0.1, -0.05) is 11.1 Å². The average molecular weight is 310 g/mol. The predicted molar refractivity (Wildman–Crippen MR) is 73.0 cm³/mol. The van der Waals surface area contributed by atoms with E-state index in [-0.39, 0.29) is 35.6 Å². The van der Waals surface area contributed by atoms with Gasteiger partial charge in [0.2, 0.25) is 0 Å². The summed E-state index contributed by atoms with van der Waals surface area (Å²) in [5.41, 5.74) is 4.88. The van der Waals surface area contributed by atoms with Crippen LogP contribution in [-0.4, -0.2) is 19.9 Å². The van der Waals surface area contributed by atoms with Crippen LogP contribution in [0.4, 0.5) is 14.5 Å². The minimum Gasteiger partial charge on any atom is -0.399 e. The lowest BCUT2D eigenvalue weighted by molar-refractivity contribution is 0.475. The third-order valence-electron chi connectivity index (χ3n) is 4.08. The second-order valence-corrected chi connectivity index (χ2v) is 7.71. The summed E-state index contributed by atoms with van der Waals surface area (Å²) in [4.78, 5) is 0. The molecule has 0 saturated heterocycles. The molecule has 7 heteroatoms. The summed E-state index contributed by atoms with van der Waals surface area (Å²) in [6.07, 6.45) is 0.103. The molecule has 0 spiro atoms. The van der Waals surface area contributed by atoms with Crippen molar-refractivity contribution in [1.82, 2.24) is 0 Å². The Morgan fingerprint density at radius 1 is 1.14 bits per heavy atom. The molecule has 4 nitrogen and oxygen atoms in total. The average Bonchev–Trinajstić information content (AvgIpc) is 2.78. The van der Waals surface area contributed by atoms with E-state index in [1.54, 1.807) is 0 Å². The molecule has 0 saturated carbocycles. The molecule has 0 amide bonds. The maximum absolute atomic E-state index is 14.1. The minimum absolute atomic E-state index is 0.0514. The fraction of sp³-hybridized carbons (Fsp3) is 0.357. The molecule has 1 aromatic carbocycles. The minimum atomic E-state index is -3.16. The fourth-order valence-electron chi connectivity index (χ4n) is 3.29. The molecule has 3 rings (SSSR count). The predicted octanol–water partition coefficient (Wildman–Crippen LogP) is 1.83. The van der Waals surface area contributed by atoms with Crippen molar-refractivity contribution in [3.63, 3.8) is 0 Å². The van der Waals surface area contributed by atoms with E-state index in [0.29, 0.717) is 11.1 Å². The van der Waals surface area contributed by atoms with Gasteiger partial charge in [-0.3, -0.25) is 0 Å². The molecule has 21 heavy (non-hydrogen) atoms. The molecule has 0 radical (unpaired) electrons. The van der Waals surface area contributed by atoms with Crippen molar-refractivity contribution < 1.29 is 17.2 Å². The number of nitrogens with two attached hydrogens (primary N) is 1. The number of sulfone groups is 1. The van der Waals surface area contributed by atoms with E-state index < -0.39 is 26.9 Å². The standard InChI is InChI=1S/C14H12F2N2O2S/c15-11-1-10(18)2-12(16)13(11)14(7-17)3-8-5-21(19,20)6-9(8)4-14/h1-2H,3-6,18H2. The third kappa shape index (κ3) is 2.10. The second kappa shape index (κ2) is 4.28. The van der Waals surface area contributed by atoms with E-state index in [4.69, 9.17) is 5.73 Å². The smallest absolute Gasteiger partial charge is 0.157 e. The van der Waals surface area contributed by atoms with Crippen molar-refractivity contribution in [1.29, 1.82) is 5.26 Å². The van der Waals surface area contributed by atoms with Gasteiger partial charge in [0.25, 0.3) is 0 Å². The Balaban J connectivity index is 2.06. The van der Waals surface area contributed by atoms with Crippen LogP contribution >= 0.6 is 0 Å². The molecule has 2 aliphatic rings. The van der Waals surface area contributed by atoms with Crippen molar-refractivity contribution in [2.24, 2.45) is 0 Å². The zero-order valence-corrected chi connectivity index (χ0v) is 11.8. The van der Waals surface area contributed by atoms with Crippen molar-refractivity contribution in [3.8, 4) is 6.07 Å². The quantitative estimate of drug-likeness (QED) is 0.633. The van der Waals surface area contributed by atoms with Crippen LogP contribution in [0.1, 0.15) is 18.4 Å². The number of benzene rings is 1. The highest BCUT2D eigenvalue weighted by molar-refractivity contribution is 7.92. The first-order valence-electron chi connectivity index (χ1n) is 6.33. The zero-order valence-electron chi connectivity index (χ0n) is 11.0. The lowest BCUT2D eigenvalue weighted by Crippen LogP contribution is -2.27. The van der Waals surface area contributed by atoms with Gasteiger partial charge in [0.05, 0.1) is 23.0 Å². The Morgan fingerprint density at radius 2 is 1.62 bits per heavy atom. The van der Waals surface area contributed by atoms with Crippen LogP contribution in [-0.2, 0) is 15.3 Å². The molecule has 2 N–H and O–H groups in total. The maximum atomic E-state index is 14.1. The van der Waals surface area contributed by atoms with Gasteiger partial charge in [0, 0.05) is 11.3 Å². The Kier molecular flexibility index (Phi) is 2.85. The van der Waals surface area contributed by atoms with Crippen molar-refractivity contribution in [2.75, 3.05) is 17.2 Å². The second-order valence-electron chi connectivity index (χ2n) is 5.65. The van der Waals surface area contributed by atoms with Crippen LogP contribution < -0.4 is 5.73 Å². The summed E-state index contributed by atoms with van der Waals surface area (Å²) in [7, 11) is -3.16. The highest BCUT2D eigenvalue weighted by Gasteiger charge is 2.48. The van der Waals surface area contributed by atoms with Crippen molar-refractivity contribution in [3.05, 3.63) is 40.5 Å². The van der Waals surface area contributed by atoms with E-state index in [1.165, 1.54) is 0 Å². The highest BCUT2D eigenvalue weighted by atomic mass is 32.2. The van der Waals surface area contributed by atoms with Crippen molar-refractivity contribution in [2.45, 2.75) is 18.3 Å². The van der Waals surface area contributed by atoms with Crippen molar-refractivity contribution >= 4 is 15.5 Å². The molecule has 110 valence electrons. The van der Waals surface area contributed by atoms with Crippen LogP contribution in [0.25, 0.3) is 0 Å². The van der Waals surface area contributed by atoms with Crippen LogP contribution in [0.5, 0.6) is 0 Å². The summed E-state index contributed by atoms with van der Waals surface area (Å²) >= 11 is 0. The van der Waals surface area contributed by atoms with Gasteiger partial charge in [-0.05, 0) is 25.0 Å².